The molecule has 0 fully saturated rings. The second-order valence-corrected chi connectivity index (χ2v) is 6.73. The van der Waals surface area contributed by atoms with Gasteiger partial charge in [0.1, 0.15) is 0 Å². The van der Waals surface area contributed by atoms with Gasteiger partial charge in [-0.05, 0) is 23.1 Å². The molecule has 1 aromatic carbocycles. The minimum Gasteiger partial charge on any atom is -0.331 e. The summed E-state index contributed by atoms with van der Waals surface area (Å²) in [4.78, 5) is 4.22. The molecule has 0 aliphatic heterocycles. The lowest BCUT2D eigenvalue weighted by atomic mass is 9.86. The standard InChI is InChI=1S/C13H14Cl2N2S/c1-13(2,3)8-6-9(14)10(15)7-11(8)17-12-16-4-5-18-12/h4-7H,1-3H3,(H,16,17). The van der Waals surface area contributed by atoms with Crippen molar-refractivity contribution in [1.29, 1.82) is 0 Å². The van der Waals surface area contributed by atoms with E-state index in [2.05, 4.69) is 31.1 Å². The monoisotopic (exact) mass is 300 g/mol. The first-order valence-electron chi connectivity index (χ1n) is 5.54. The molecule has 0 amide bonds. The molecule has 1 N–H and O–H groups in total. The van der Waals surface area contributed by atoms with Crippen LogP contribution in [0.1, 0.15) is 26.3 Å². The Morgan fingerprint density at radius 1 is 1.17 bits per heavy atom. The SMILES string of the molecule is CC(C)(C)c1cc(Cl)c(Cl)cc1Nc1nccs1. The summed E-state index contributed by atoms with van der Waals surface area (Å²) in [6.45, 7) is 6.42. The fourth-order valence-electron chi connectivity index (χ4n) is 1.67. The first-order valence-corrected chi connectivity index (χ1v) is 7.17. The van der Waals surface area contributed by atoms with Crippen LogP contribution in [0.4, 0.5) is 10.8 Å². The smallest absolute Gasteiger partial charge is 0.187 e. The molecular formula is C13H14Cl2N2S. The Morgan fingerprint density at radius 2 is 1.83 bits per heavy atom. The third kappa shape index (κ3) is 2.97. The van der Waals surface area contributed by atoms with Gasteiger partial charge in [-0.15, -0.1) is 11.3 Å². The summed E-state index contributed by atoms with van der Waals surface area (Å²) in [5, 5.41) is 7.19. The molecule has 2 aromatic rings. The van der Waals surface area contributed by atoms with E-state index in [9.17, 15) is 0 Å². The normalized spacial score (nSPS) is 11.6. The number of halogens is 2. The van der Waals surface area contributed by atoms with Crippen molar-refractivity contribution in [3.63, 3.8) is 0 Å². The van der Waals surface area contributed by atoms with Gasteiger partial charge in [0.15, 0.2) is 5.13 Å². The maximum absolute atomic E-state index is 6.10. The van der Waals surface area contributed by atoms with Crippen LogP contribution in [0.2, 0.25) is 10.0 Å². The topological polar surface area (TPSA) is 24.9 Å². The average molecular weight is 301 g/mol. The van der Waals surface area contributed by atoms with Crippen LogP contribution in [0.25, 0.3) is 0 Å². The van der Waals surface area contributed by atoms with E-state index in [0.717, 1.165) is 16.4 Å². The van der Waals surface area contributed by atoms with Crippen LogP contribution < -0.4 is 5.32 Å². The van der Waals surface area contributed by atoms with Gasteiger partial charge < -0.3 is 5.32 Å². The number of rotatable bonds is 2. The van der Waals surface area contributed by atoms with Crippen LogP contribution in [-0.4, -0.2) is 4.98 Å². The highest BCUT2D eigenvalue weighted by Gasteiger charge is 2.20. The third-order valence-electron chi connectivity index (χ3n) is 2.54. The summed E-state index contributed by atoms with van der Waals surface area (Å²) in [6.07, 6.45) is 1.77. The molecule has 1 heterocycles. The molecule has 2 nitrogen and oxygen atoms in total. The summed E-state index contributed by atoms with van der Waals surface area (Å²) in [7, 11) is 0. The van der Waals surface area contributed by atoms with Crippen molar-refractivity contribution in [2.75, 3.05) is 5.32 Å². The summed E-state index contributed by atoms with van der Waals surface area (Å²) < 4.78 is 0. The van der Waals surface area contributed by atoms with Gasteiger partial charge in [-0.3, -0.25) is 0 Å². The van der Waals surface area contributed by atoms with Crippen LogP contribution in [0, 0.1) is 0 Å². The Morgan fingerprint density at radius 3 is 2.39 bits per heavy atom. The minimum absolute atomic E-state index is 0.0200. The summed E-state index contributed by atoms with van der Waals surface area (Å²) >= 11 is 13.7. The summed E-state index contributed by atoms with van der Waals surface area (Å²) in [6, 6.07) is 3.77. The molecule has 0 aliphatic rings. The third-order valence-corrected chi connectivity index (χ3v) is 3.95. The fraction of sp³-hybridized carbons (Fsp3) is 0.308. The highest BCUT2D eigenvalue weighted by molar-refractivity contribution is 7.13. The molecule has 0 bridgehead atoms. The second kappa shape index (κ2) is 5.08. The number of benzene rings is 1. The number of anilines is 2. The number of hydrogen-bond acceptors (Lipinski definition) is 3. The molecular weight excluding hydrogens is 287 g/mol. The highest BCUT2D eigenvalue weighted by Crippen LogP contribution is 2.37. The van der Waals surface area contributed by atoms with Crippen LogP contribution in [0.3, 0.4) is 0 Å². The zero-order valence-corrected chi connectivity index (χ0v) is 12.7. The average Bonchev–Trinajstić information content (AvgIpc) is 2.74. The number of hydrogen-bond donors (Lipinski definition) is 1. The molecule has 0 saturated heterocycles. The largest absolute Gasteiger partial charge is 0.331 e. The Hall–Kier alpha value is -0.770. The quantitative estimate of drug-likeness (QED) is 0.793. The van der Waals surface area contributed by atoms with Crippen molar-refractivity contribution >= 4 is 45.4 Å². The Kier molecular flexibility index (Phi) is 3.85. The van der Waals surface area contributed by atoms with Crippen molar-refractivity contribution < 1.29 is 0 Å². The van der Waals surface area contributed by atoms with E-state index < -0.39 is 0 Å². The van der Waals surface area contributed by atoms with Crippen LogP contribution >= 0.6 is 34.5 Å². The Labute approximate surface area is 121 Å². The van der Waals surface area contributed by atoms with Gasteiger partial charge in [0, 0.05) is 17.3 Å². The number of nitrogens with one attached hydrogen (secondary N) is 1. The molecule has 2 rings (SSSR count). The predicted molar refractivity (Wildman–Crippen MR) is 80.6 cm³/mol. The second-order valence-electron chi connectivity index (χ2n) is 5.02. The van der Waals surface area contributed by atoms with Gasteiger partial charge >= 0.3 is 0 Å². The fourth-order valence-corrected chi connectivity index (χ4v) is 2.54. The van der Waals surface area contributed by atoms with Crippen LogP contribution in [0.5, 0.6) is 0 Å². The van der Waals surface area contributed by atoms with Gasteiger partial charge in [-0.2, -0.15) is 0 Å². The van der Waals surface area contributed by atoms with Gasteiger partial charge in [-0.25, -0.2) is 4.98 Å². The van der Waals surface area contributed by atoms with E-state index in [1.54, 1.807) is 17.5 Å². The van der Waals surface area contributed by atoms with E-state index in [1.165, 1.54) is 0 Å². The van der Waals surface area contributed by atoms with E-state index >= 15 is 0 Å². The lowest BCUT2D eigenvalue weighted by molar-refractivity contribution is 0.592. The highest BCUT2D eigenvalue weighted by atomic mass is 35.5. The lowest BCUT2D eigenvalue weighted by Crippen LogP contribution is -2.13. The van der Waals surface area contributed by atoms with E-state index in [0.29, 0.717) is 10.0 Å². The van der Waals surface area contributed by atoms with Gasteiger partial charge in [-0.1, -0.05) is 44.0 Å². The van der Waals surface area contributed by atoms with Crippen molar-refractivity contribution in [2.45, 2.75) is 26.2 Å². The van der Waals surface area contributed by atoms with E-state index in [4.69, 9.17) is 23.2 Å². The zero-order valence-electron chi connectivity index (χ0n) is 10.4. The maximum Gasteiger partial charge on any atom is 0.187 e. The first-order chi connectivity index (χ1) is 8.38. The molecule has 0 aliphatic carbocycles. The molecule has 0 atom stereocenters. The maximum atomic E-state index is 6.10. The van der Waals surface area contributed by atoms with Crippen molar-refractivity contribution in [3.8, 4) is 0 Å². The molecule has 5 heteroatoms. The van der Waals surface area contributed by atoms with Gasteiger partial charge in [0.05, 0.1) is 10.0 Å². The predicted octanol–water partition coefficient (Wildman–Crippen LogP) is 5.49. The van der Waals surface area contributed by atoms with Crippen LogP contribution in [-0.2, 0) is 5.41 Å². The van der Waals surface area contributed by atoms with E-state index in [-0.39, 0.29) is 5.41 Å². The lowest BCUT2D eigenvalue weighted by Gasteiger charge is -2.23. The number of thiazole rings is 1. The molecule has 18 heavy (non-hydrogen) atoms. The molecule has 96 valence electrons. The molecule has 0 unspecified atom stereocenters. The summed E-state index contributed by atoms with van der Waals surface area (Å²) in [5.74, 6) is 0. The zero-order chi connectivity index (χ0) is 13.3. The molecule has 0 spiro atoms. The molecule has 0 radical (unpaired) electrons. The van der Waals surface area contributed by atoms with Crippen molar-refractivity contribution in [2.24, 2.45) is 0 Å². The molecule has 0 saturated carbocycles. The van der Waals surface area contributed by atoms with E-state index in [1.807, 2.05) is 17.5 Å². The Balaban J connectivity index is 2.47. The summed E-state index contributed by atoms with van der Waals surface area (Å²) in [5.41, 5.74) is 2.05. The van der Waals surface area contributed by atoms with Crippen molar-refractivity contribution in [1.82, 2.24) is 4.98 Å². The van der Waals surface area contributed by atoms with Crippen LogP contribution in [0.15, 0.2) is 23.7 Å². The minimum atomic E-state index is -0.0200. The Bertz CT molecular complexity index is 545. The molecule has 1 aromatic heterocycles. The van der Waals surface area contributed by atoms with Crippen molar-refractivity contribution in [3.05, 3.63) is 39.3 Å². The number of aromatic nitrogens is 1. The number of nitrogens with zero attached hydrogens (tertiary/aromatic N) is 1. The van der Waals surface area contributed by atoms with Gasteiger partial charge in [0.25, 0.3) is 0 Å². The first kappa shape index (κ1) is 13.7. The van der Waals surface area contributed by atoms with Gasteiger partial charge in [0.2, 0.25) is 0 Å².